The molecule has 3 aliphatic heterocycles. The summed E-state index contributed by atoms with van der Waals surface area (Å²) >= 11 is 0. The summed E-state index contributed by atoms with van der Waals surface area (Å²) in [5.74, 6) is 1.22. The Morgan fingerprint density at radius 1 is 1.20 bits per heavy atom. The summed E-state index contributed by atoms with van der Waals surface area (Å²) in [5.41, 5.74) is -0.572. The third kappa shape index (κ3) is 4.77. The molecular formula is C33H32F3N5O3. The molecule has 0 spiro atoms. The zero-order valence-corrected chi connectivity index (χ0v) is 24.3. The van der Waals surface area contributed by atoms with Gasteiger partial charge in [0.15, 0.2) is 5.82 Å². The largest absolute Gasteiger partial charge is 0.508 e. The van der Waals surface area contributed by atoms with Crippen LogP contribution in [0.2, 0.25) is 0 Å². The number of nitrogens with zero attached hydrogens (tertiary/aromatic N) is 5. The highest BCUT2D eigenvalue weighted by molar-refractivity contribution is 6.03. The van der Waals surface area contributed by atoms with Crippen LogP contribution in [0.25, 0.3) is 32.9 Å². The molecule has 5 heterocycles. The van der Waals surface area contributed by atoms with Crippen LogP contribution >= 0.6 is 0 Å². The summed E-state index contributed by atoms with van der Waals surface area (Å²) in [6, 6.07) is 5.33. The van der Waals surface area contributed by atoms with E-state index in [1.807, 2.05) is 11.8 Å². The van der Waals surface area contributed by atoms with Crippen LogP contribution in [0.4, 0.5) is 19.0 Å². The van der Waals surface area contributed by atoms with E-state index in [1.165, 1.54) is 30.5 Å². The van der Waals surface area contributed by atoms with Crippen molar-refractivity contribution in [3.63, 3.8) is 0 Å². The van der Waals surface area contributed by atoms with Crippen LogP contribution in [0.1, 0.15) is 38.2 Å². The van der Waals surface area contributed by atoms with Crippen molar-refractivity contribution in [2.45, 2.75) is 50.4 Å². The topological polar surface area (TPSA) is 83.8 Å². The predicted molar refractivity (Wildman–Crippen MR) is 161 cm³/mol. The lowest BCUT2D eigenvalue weighted by Crippen LogP contribution is -2.43. The number of halogens is 3. The summed E-state index contributed by atoms with van der Waals surface area (Å²) < 4.78 is 57.9. The molecule has 0 aliphatic carbocycles. The van der Waals surface area contributed by atoms with Crippen molar-refractivity contribution in [2.24, 2.45) is 0 Å². The molecule has 3 saturated heterocycles. The van der Waals surface area contributed by atoms with Gasteiger partial charge in [-0.05, 0) is 56.3 Å². The molecule has 228 valence electrons. The number of hydrogen-bond acceptors (Lipinski definition) is 8. The number of terminal acetylenes is 1. The fourth-order valence-electron chi connectivity index (χ4n) is 7.11. The Hall–Kier alpha value is -4.14. The molecule has 3 unspecified atom stereocenters. The second-order valence-corrected chi connectivity index (χ2v) is 12.0. The molecule has 3 atom stereocenters. The van der Waals surface area contributed by atoms with Crippen molar-refractivity contribution in [2.75, 3.05) is 44.4 Å². The highest BCUT2D eigenvalue weighted by Crippen LogP contribution is 2.42. The maximum atomic E-state index is 16.7. The second kappa shape index (κ2) is 11.1. The van der Waals surface area contributed by atoms with E-state index in [9.17, 15) is 13.9 Å². The smallest absolute Gasteiger partial charge is 0.319 e. The van der Waals surface area contributed by atoms with E-state index in [2.05, 4.69) is 20.8 Å². The Kier molecular flexibility index (Phi) is 7.22. The maximum absolute atomic E-state index is 16.7. The van der Waals surface area contributed by atoms with Gasteiger partial charge in [0.05, 0.1) is 29.1 Å². The number of rotatable bonds is 5. The van der Waals surface area contributed by atoms with Gasteiger partial charge in [0.25, 0.3) is 0 Å². The minimum Gasteiger partial charge on any atom is -0.508 e. The third-order valence-corrected chi connectivity index (χ3v) is 9.18. The van der Waals surface area contributed by atoms with Gasteiger partial charge >= 0.3 is 6.01 Å². The molecule has 3 aliphatic rings. The first-order valence-corrected chi connectivity index (χ1v) is 14.9. The molecule has 8 nitrogen and oxygen atoms in total. The third-order valence-electron chi connectivity index (χ3n) is 9.18. The van der Waals surface area contributed by atoms with E-state index >= 15 is 4.39 Å². The monoisotopic (exact) mass is 603 g/mol. The number of phenolic OH excluding ortho intramolecular Hbond substituents is 1. The van der Waals surface area contributed by atoms with Crippen molar-refractivity contribution in [1.82, 2.24) is 19.9 Å². The Morgan fingerprint density at radius 2 is 2.07 bits per heavy atom. The molecule has 0 amide bonds. The predicted octanol–water partition coefficient (Wildman–Crippen LogP) is 5.38. The van der Waals surface area contributed by atoms with Crippen LogP contribution in [0.15, 0.2) is 30.5 Å². The van der Waals surface area contributed by atoms with Gasteiger partial charge in [0.1, 0.15) is 41.4 Å². The molecule has 0 bridgehead atoms. The number of phenols is 1. The summed E-state index contributed by atoms with van der Waals surface area (Å²) in [7, 11) is 0. The second-order valence-electron chi connectivity index (χ2n) is 12.0. The molecule has 3 fully saturated rings. The molecule has 0 saturated carbocycles. The Balaban J connectivity index is 1.39. The van der Waals surface area contributed by atoms with Gasteiger partial charge in [0, 0.05) is 43.3 Å². The number of hydrogen-bond donors (Lipinski definition) is 1. The lowest BCUT2D eigenvalue weighted by Gasteiger charge is -2.31. The van der Waals surface area contributed by atoms with Crippen molar-refractivity contribution < 1.29 is 27.8 Å². The molecule has 11 heteroatoms. The van der Waals surface area contributed by atoms with Crippen LogP contribution in [0.5, 0.6) is 11.8 Å². The quantitative estimate of drug-likeness (QED) is 0.305. The fourth-order valence-corrected chi connectivity index (χ4v) is 7.11. The number of alkyl halides is 1. The summed E-state index contributed by atoms with van der Waals surface area (Å²) in [6.45, 7) is 5.02. The normalized spacial score (nSPS) is 24.0. The Labute approximate surface area is 252 Å². The van der Waals surface area contributed by atoms with Crippen molar-refractivity contribution in [1.29, 1.82) is 0 Å². The molecule has 1 N–H and O–H groups in total. The molecule has 2 aromatic carbocycles. The van der Waals surface area contributed by atoms with E-state index < -0.39 is 23.3 Å². The number of benzene rings is 2. The van der Waals surface area contributed by atoms with Crippen LogP contribution in [0, 0.1) is 24.0 Å². The van der Waals surface area contributed by atoms with Gasteiger partial charge < -0.3 is 19.5 Å². The first-order chi connectivity index (χ1) is 21.3. The summed E-state index contributed by atoms with van der Waals surface area (Å²) in [5, 5.41) is 11.6. The van der Waals surface area contributed by atoms with Gasteiger partial charge in [-0.3, -0.25) is 9.88 Å². The van der Waals surface area contributed by atoms with E-state index in [1.54, 1.807) is 0 Å². The molecule has 7 rings (SSSR count). The zero-order chi connectivity index (χ0) is 30.6. The minimum absolute atomic E-state index is 0.0272. The van der Waals surface area contributed by atoms with E-state index in [4.69, 9.17) is 20.9 Å². The zero-order valence-electron chi connectivity index (χ0n) is 24.3. The number of anilines is 1. The molecular weight excluding hydrogens is 571 g/mol. The average molecular weight is 604 g/mol. The SMILES string of the molecule is C#Cc1c(F)ccc2cc(O)cc(-c3ncc4c(N5CCCOCC5C)nc(OCC56CCCN5CC(F)C6)nc4c3F)c12. The summed E-state index contributed by atoms with van der Waals surface area (Å²) in [4.78, 5) is 17.9. The Morgan fingerprint density at radius 3 is 2.91 bits per heavy atom. The van der Waals surface area contributed by atoms with Crippen molar-refractivity contribution in [3.8, 4) is 35.4 Å². The van der Waals surface area contributed by atoms with Crippen LogP contribution in [-0.2, 0) is 4.74 Å². The standard InChI is InChI=1S/C33H32F3N5O3/c1-3-23-26(35)7-6-20-12-22(42)13-24(27(20)23)29-28(36)30-25(15-37-29)31(41-10-5-11-43-17-19(41)2)39-32(38-30)44-18-33-8-4-9-40(33)16-21(34)14-33/h1,6-7,12-13,15,19,21,42H,4-5,8-11,14,16-18H2,2H3. The van der Waals surface area contributed by atoms with E-state index in [0.29, 0.717) is 49.3 Å². The van der Waals surface area contributed by atoms with Crippen LogP contribution in [-0.4, -0.2) is 82.2 Å². The van der Waals surface area contributed by atoms with E-state index in [-0.39, 0.29) is 52.1 Å². The van der Waals surface area contributed by atoms with Gasteiger partial charge in [0.2, 0.25) is 0 Å². The van der Waals surface area contributed by atoms with Crippen LogP contribution < -0.4 is 9.64 Å². The number of fused-ring (bicyclic) bond motifs is 3. The number of aromatic hydroxyl groups is 1. The van der Waals surface area contributed by atoms with E-state index in [0.717, 1.165) is 25.8 Å². The highest BCUT2D eigenvalue weighted by Gasteiger charge is 2.49. The molecule has 0 radical (unpaired) electrons. The van der Waals surface area contributed by atoms with Gasteiger partial charge in [-0.25, -0.2) is 13.2 Å². The molecule has 2 aromatic heterocycles. The number of aromatic nitrogens is 3. The molecule has 4 aromatic rings. The molecule has 44 heavy (non-hydrogen) atoms. The van der Waals surface area contributed by atoms with Gasteiger partial charge in [-0.1, -0.05) is 12.0 Å². The maximum Gasteiger partial charge on any atom is 0.319 e. The van der Waals surface area contributed by atoms with Crippen LogP contribution in [0.3, 0.4) is 0 Å². The lowest BCUT2D eigenvalue weighted by molar-refractivity contribution is 0.107. The number of ether oxygens (including phenoxy) is 2. The van der Waals surface area contributed by atoms with Gasteiger partial charge in [-0.2, -0.15) is 9.97 Å². The van der Waals surface area contributed by atoms with Gasteiger partial charge in [-0.15, -0.1) is 6.42 Å². The highest BCUT2D eigenvalue weighted by atomic mass is 19.1. The number of pyridine rings is 1. The first kappa shape index (κ1) is 28.6. The first-order valence-electron chi connectivity index (χ1n) is 14.9. The minimum atomic E-state index is -0.925. The lowest BCUT2D eigenvalue weighted by atomic mass is 9.95. The Bertz CT molecular complexity index is 1810. The van der Waals surface area contributed by atoms with Crippen molar-refractivity contribution >= 4 is 27.5 Å². The fraction of sp³-hybridized carbons (Fsp3) is 0.424. The summed E-state index contributed by atoms with van der Waals surface area (Å²) in [6.07, 6.45) is 9.09. The average Bonchev–Trinajstić information content (AvgIpc) is 3.44. The van der Waals surface area contributed by atoms with Crippen molar-refractivity contribution in [3.05, 3.63) is 47.7 Å².